The van der Waals surface area contributed by atoms with Crippen LogP contribution in [0.2, 0.25) is 0 Å². The molecule has 2 N–H and O–H groups in total. The number of hydrogen-bond donors (Lipinski definition) is 1. The topological polar surface area (TPSA) is 65.8 Å². The molecule has 0 aliphatic carbocycles. The van der Waals surface area contributed by atoms with Gasteiger partial charge in [0.2, 0.25) is 0 Å². The Morgan fingerprint density at radius 2 is 1.97 bits per heavy atom. The molecule has 0 aliphatic heterocycles. The van der Waals surface area contributed by atoms with Gasteiger partial charge in [-0.25, -0.2) is 4.39 Å². The van der Waals surface area contributed by atoms with E-state index < -0.39 is 17.4 Å². The number of pyridine rings is 1. The maximum Gasteiger partial charge on any atom is 0.264 e. The van der Waals surface area contributed by atoms with Gasteiger partial charge in [0.15, 0.2) is 0 Å². The summed E-state index contributed by atoms with van der Waals surface area (Å²) in [6.07, 6.45) is 1.55. The number of rotatable bonds is 2. The monoisotopic (exact) mass is 387 g/mol. The predicted octanol–water partition coefficient (Wildman–Crippen LogP) is 3.28. The first kappa shape index (κ1) is 17.4. The Morgan fingerprint density at radius 1 is 1.21 bits per heavy atom. The van der Waals surface area contributed by atoms with Gasteiger partial charge in [0, 0.05) is 30.6 Å². The van der Waals surface area contributed by atoms with Crippen molar-refractivity contribution in [2.24, 2.45) is 12.8 Å². The van der Waals surface area contributed by atoms with Crippen molar-refractivity contribution in [3.05, 3.63) is 93.9 Å². The Bertz CT molecular complexity index is 1380. The maximum absolute atomic E-state index is 14.8. The molecule has 0 amide bonds. The number of aromatic nitrogens is 3. The minimum Gasteiger partial charge on any atom is -0.323 e. The zero-order valence-corrected chi connectivity index (χ0v) is 16.0. The van der Waals surface area contributed by atoms with E-state index in [0.717, 1.165) is 0 Å². The van der Waals surface area contributed by atoms with E-state index in [1.54, 1.807) is 38.2 Å². The molecule has 0 saturated heterocycles. The molecule has 29 heavy (non-hydrogen) atoms. The second kappa shape index (κ2) is 7.38. The first-order valence-corrected chi connectivity index (χ1v) is 9.08. The van der Waals surface area contributed by atoms with Gasteiger partial charge in [-0.3, -0.25) is 14.0 Å². The van der Waals surface area contributed by atoms with Gasteiger partial charge in [-0.2, -0.15) is 5.10 Å². The van der Waals surface area contributed by atoms with E-state index in [9.17, 15) is 9.18 Å². The third-order valence-corrected chi connectivity index (χ3v) is 4.61. The van der Waals surface area contributed by atoms with Crippen LogP contribution in [0.1, 0.15) is 31.2 Å². The minimum absolute atomic E-state index is 0.0124. The summed E-state index contributed by atoms with van der Waals surface area (Å²) in [6, 6.07) is 13.3. The van der Waals surface area contributed by atoms with E-state index in [1.807, 2.05) is 18.2 Å². The number of nitrogens with two attached hydrogens (primary N) is 1. The maximum atomic E-state index is 14.8. The lowest BCUT2D eigenvalue weighted by atomic mass is 10.0. The van der Waals surface area contributed by atoms with Gasteiger partial charge in [0.05, 0.1) is 24.1 Å². The van der Waals surface area contributed by atoms with Crippen molar-refractivity contribution < 1.29 is 5.76 Å². The fourth-order valence-electron chi connectivity index (χ4n) is 3.26. The molecule has 0 bridgehead atoms. The Labute approximate surface area is 168 Å². The van der Waals surface area contributed by atoms with Gasteiger partial charge in [-0.1, -0.05) is 36.1 Å². The SMILES string of the molecule is [2H]c1c(C#Cc2c(F)ccc3cc([C@H](C)N)n(-c4ccccc4)c(=O)c23)cnn1C. The molecule has 1 atom stereocenters. The van der Waals surface area contributed by atoms with Crippen LogP contribution in [0, 0.1) is 17.7 Å². The number of halogens is 1. The van der Waals surface area contributed by atoms with Gasteiger partial charge in [-0.05, 0) is 36.6 Å². The Kier molecular flexibility index (Phi) is 4.43. The number of fused-ring (bicyclic) bond motifs is 1. The Balaban J connectivity index is 2.05. The second-order valence-electron chi connectivity index (χ2n) is 6.76. The molecule has 2 heterocycles. The number of hydrogen-bond acceptors (Lipinski definition) is 3. The van der Waals surface area contributed by atoms with Crippen LogP contribution in [-0.2, 0) is 7.05 Å². The van der Waals surface area contributed by atoms with Crippen molar-refractivity contribution in [3.63, 3.8) is 0 Å². The number of para-hydroxylation sites is 1. The first-order chi connectivity index (χ1) is 14.4. The van der Waals surface area contributed by atoms with Gasteiger partial charge < -0.3 is 5.73 Å². The van der Waals surface area contributed by atoms with Crippen LogP contribution in [0.15, 0.2) is 65.7 Å². The van der Waals surface area contributed by atoms with Crippen molar-refractivity contribution in [1.82, 2.24) is 14.3 Å². The highest BCUT2D eigenvalue weighted by Gasteiger charge is 2.17. The smallest absolute Gasteiger partial charge is 0.264 e. The third kappa shape index (κ3) is 3.44. The van der Waals surface area contributed by atoms with Crippen LogP contribution in [0.5, 0.6) is 0 Å². The lowest BCUT2D eigenvalue weighted by Crippen LogP contribution is -2.26. The molecule has 6 heteroatoms. The van der Waals surface area contributed by atoms with Gasteiger partial charge in [0.25, 0.3) is 5.56 Å². The minimum atomic E-state index is -0.601. The summed E-state index contributed by atoms with van der Waals surface area (Å²) in [4.78, 5) is 13.5. The summed E-state index contributed by atoms with van der Waals surface area (Å²) in [5, 5.41) is 4.70. The van der Waals surface area contributed by atoms with Gasteiger partial charge >= 0.3 is 0 Å². The molecule has 5 nitrogen and oxygen atoms in total. The number of benzene rings is 2. The van der Waals surface area contributed by atoms with Crippen LogP contribution >= 0.6 is 0 Å². The van der Waals surface area contributed by atoms with Gasteiger partial charge in [-0.15, -0.1) is 0 Å². The molecule has 0 saturated carbocycles. The van der Waals surface area contributed by atoms with Crippen molar-refractivity contribution >= 4 is 10.8 Å². The molecule has 0 spiro atoms. The van der Waals surface area contributed by atoms with Crippen LogP contribution in [0.25, 0.3) is 16.5 Å². The third-order valence-electron chi connectivity index (χ3n) is 4.61. The molecule has 4 aromatic rings. The Hall–Kier alpha value is -3.69. The van der Waals surface area contributed by atoms with Crippen molar-refractivity contribution in [1.29, 1.82) is 0 Å². The van der Waals surface area contributed by atoms with E-state index in [1.165, 1.54) is 21.5 Å². The normalized spacial score (nSPS) is 12.3. The van der Waals surface area contributed by atoms with Crippen molar-refractivity contribution in [2.75, 3.05) is 0 Å². The lowest BCUT2D eigenvalue weighted by Gasteiger charge is -2.17. The summed E-state index contributed by atoms with van der Waals surface area (Å²) in [5.74, 6) is 4.92. The van der Waals surface area contributed by atoms with Crippen LogP contribution in [0.4, 0.5) is 4.39 Å². The van der Waals surface area contributed by atoms with E-state index in [4.69, 9.17) is 7.10 Å². The molecule has 0 unspecified atom stereocenters. The molecular weight excluding hydrogens is 367 g/mol. The summed E-state index contributed by atoms with van der Waals surface area (Å²) < 4.78 is 25.6. The molecule has 4 rings (SSSR count). The zero-order valence-electron chi connectivity index (χ0n) is 17.0. The predicted molar refractivity (Wildman–Crippen MR) is 111 cm³/mol. The van der Waals surface area contributed by atoms with E-state index in [-0.39, 0.29) is 17.1 Å². The molecule has 0 aliphatic rings. The number of nitrogens with zero attached hydrogens (tertiary/aromatic N) is 3. The quantitative estimate of drug-likeness (QED) is 0.537. The van der Waals surface area contributed by atoms with E-state index in [0.29, 0.717) is 22.3 Å². The molecular formula is C23H19FN4O. The number of aryl methyl sites for hydroxylation is 1. The molecule has 144 valence electrons. The molecule has 0 fully saturated rings. The van der Waals surface area contributed by atoms with E-state index in [2.05, 4.69) is 16.9 Å². The van der Waals surface area contributed by atoms with Crippen molar-refractivity contribution in [3.8, 4) is 17.5 Å². The standard InChI is InChI=1S/C23H19FN4O/c1-15(25)21-12-17-9-11-20(24)19(10-8-16-13-26-27(2)14-16)22(17)23(29)28(21)18-6-4-3-5-7-18/h3-7,9,11-15H,25H2,1-2H3/t15-/m0/s1/i14D. The molecule has 2 aromatic heterocycles. The molecule has 2 aromatic carbocycles. The summed E-state index contributed by atoms with van der Waals surface area (Å²) in [5.41, 5.74) is 7.34. The highest BCUT2D eigenvalue weighted by Crippen LogP contribution is 2.23. The largest absolute Gasteiger partial charge is 0.323 e. The highest BCUT2D eigenvalue weighted by molar-refractivity contribution is 5.88. The summed E-state index contributed by atoms with van der Waals surface area (Å²) in [7, 11) is 1.63. The summed E-state index contributed by atoms with van der Waals surface area (Å²) in [6.45, 7) is 1.79. The fourth-order valence-corrected chi connectivity index (χ4v) is 3.26. The average molecular weight is 387 g/mol. The highest BCUT2D eigenvalue weighted by atomic mass is 19.1. The van der Waals surface area contributed by atoms with Crippen molar-refractivity contribution in [2.45, 2.75) is 13.0 Å². The average Bonchev–Trinajstić information content (AvgIpc) is 3.05. The zero-order chi connectivity index (χ0) is 21.4. The van der Waals surface area contributed by atoms with Crippen LogP contribution in [0.3, 0.4) is 0 Å². The van der Waals surface area contributed by atoms with Crippen LogP contribution < -0.4 is 11.3 Å². The molecule has 0 radical (unpaired) electrons. The summed E-state index contributed by atoms with van der Waals surface area (Å²) >= 11 is 0. The van der Waals surface area contributed by atoms with Gasteiger partial charge in [0.1, 0.15) is 5.82 Å². The lowest BCUT2D eigenvalue weighted by molar-refractivity contribution is 0.626. The van der Waals surface area contributed by atoms with Crippen LogP contribution in [-0.4, -0.2) is 14.3 Å². The fraction of sp³-hybridized carbons (Fsp3) is 0.130. The first-order valence-electron chi connectivity index (χ1n) is 9.58. The van der Waals surface area contributed by atoms with E-state index >= 15 is 0 Å². The Morgan fingerprint density at radius 3 is 2.62 bits per heavy atom. The second-order valence-corrected chi connectivity index (χ2v) is 6.76.